The zero-order chi connectivity index (χ0) is 11.5. The van der Waals surface area contributed by atoms with E-state index in [1.54, 1.807) is 13.2 Å². The van der Waals surface area contributed by atoms with E-state index in [-0.39, 0.29) is 6.04 Å². The average Bonchev–Trinajstić information content (AvgIpc) is 2.78. The van der Waals surface area contributed by atoms with Crippen LogP contribution in [-0.2, 0) is 4.74 Å². The number of nitrogens with zero attached hydrogens (tertiary/aromatic N) is 2. The molecule has 1 aliphatic rings. The van der Waals surface area contributed by atoms with Crippen LogP contribution in [0.15, 0.2) is 23.2 Å². The Labute approximate surface area is 95.3 Å². The molecule has 4 nitrogen and oxygen atoms in total. The molecule has 0 unspecified atom stereocenters. The molecule has 0 saturated carbocycles. The topological polar surface area (TPSA) is 43.7 Å². The van der Waals surface area contributed by atoms with E-state index in [4.69, 9.17) is 9.47 Å². The Morgan fingerprint density at radius 3 is 2.88 bits per heavy atom. The number of methoxy groups -OCH3 is 1. The third-order valence-corrected chi connectivity index (χ3v) is 2.60. The van der Waals surface area contributed by atoms with Crippen LogP contribution in [0.25, 0.3) is 0 Å². The summed E-state index contributed by atoms with van der Waals surface area (Å²) in [5.74, 6) is 1.69. The Morgan fingerprint density at radius 1 is 1.44 bits per heavy atom. The van der Waals surface area contributed by atoms with Gasteiger partial charge in [0.25, 0.3) is 0 Å². The molecule has 0 aromatic carbocycles. The van der Waals surface area contributed by atoms with E-state index in [1.807, 2.05) is 12.1 Å². The zero-order valence-corrected chi connectivity index (χ0v) is 9.80. The predicted octanol–water partition coefficient (Wildman–Crippen LogP) is 1.89. The lowest BCUT2D eigenvalue weighted by Crippen LogP contribution is -2.13. The van der Waals surface area contributed by atoms with E-state index >= 15 is 0 Å². The van der Waals surface area contributed by atoms with Crippen LogP contribution in [0.3, 0.4) is 0 Å². The Kier molecular flexibility index (Phi) is 3.08. The van der Waals surface area contributed by atoms with Crippen molar-refractivity contribution in [2.24, 2.45) is 10.9 Å². The monoisotopic (exact) mass is 220 g/mol. The van der Waals surface area contributed by atoms with Crippen LogP contribution in [0.5, 0.6) is 5.88 Å². The molecule has 0 aliphatic carbocycles. The van der Waals surface area contributed by atoms with Crippen LogP contribution in [-0.4, -0.2) is 30.6 Å². The Bertz CT molecular complexity index is 402. The fraction of sp³-hybridized carbons (Fsp3) is 0.500. The van der Waals surface area contributed by atoms with Crippen LogP contribution in [0.2, 0.25) is 0 Å². The number of pyridine rings is 1. The largest absolute Gasteiger partial charge is 0.481 e. The van der Waals surface area contributed by atoms with Crippen LogP contribution in [0.1, 0.15) is 19.5 Å². The van der Waals surface area contributed by atoms with Gasteiger partial charge in [-0.15, -0.1) is 0 Å². The number of ether oxygens (including phenoxy) is 2. The molecule has 2 heterocycles. The second-order valence-corrected chi connectivity index (χ2v) is 4.12. The Balaban J connectivity index is 2.21. The van der Waals surface area contributed by atoms with E-state index in [9.17, 15) is 0 Å². The summed E-state index contributed by atoms with van der Waals surface area (Å²) in [5, 5.41) is 0. The molecule has 0 N–H and O–H groups in total. The van der Waals surface area contributed by atoms with Crippen molar-refractivity contribution in [2.45, 2.75) is 19.9 Å². The normalized spacial score (nSPS) is 19.5. The van der Waals surface area contributed by atoms with Crippen molar-refractivity contribution in [3.05, 3.63) is 23.9 Å². The van der Waals surface area contributed by atoms with Gasteiger partial charge in [-0.05, 0) is 12.0 Å². The van der Waals surface area contributed by atoms with E-state index in [0.717, 1.165) is 5.69 Å². The quantitative estimate of drug-likeness (QED) is 0.781. The van der Waals surface area contributed by atoms with Gasteiger partial charge >= 0.3 is 0 Å². The lowest BCUT2D eigenvalue weighted by Gasteiger charge is -2.06. The molecule has 0 amide bonds. The number of hydrogen-bond acceptors (Lipinski definition) is 4. The van der Waals surface area contributed by atoms with Gasteiger partial charge < -0.3 is 9.47 Å². The van der Waals surface area contributed by atoms with E-state index in [2.05, 4.69) is 23.8 Å². The summed E-state index contributed by atoms with van der Waals surface area (Å²) in [4.78, 5) is 8.80. The summed E-state index contributed by atoms with van der Waals surface area (Å²) in [6, 6.07) is 5.81. The molecule has 1 aromatic rings. The number of aromatic nitrogens is 1. The first-order valence-electron chi connectivity index (χ1n) is 5.42. The number of hydrogen-bond donors (Lipinski definition) is 0. The molecule has 0 spiro atoms. The molecule has 0 fully saturated rings. The first-order chi connectivity index (χ1) is 7.70. The number of rotatable bonds is 3. The fourth-order valence-electron chi connectivity index (χ4n) is 1.52. The maximum atomic E-state index is 5.54. The van der Waals surface area contributed by atoms with E-state index in [0.29, 0.717) is 24.3 Å². The summed E-state index contributed by atoms with van der Waals surface area (Å²) < 4.78 is 10.6. The minimum Gasteiger partial charge on any atom is -0.481 e. The smallest absolute Gasteiger partial charge is 0.235 e. The minimum absolute atomic E-state index is 0.239. The molecule has 1 atom stereocenters. The SMILES string of the molecule is COc1cccc(C2=N[C@H](C(C)C)CO2)n1. The fourth-order valence-corrected chi connectivity index (χ4v) is 1.52. The third-order valence-electron chi connectivity index (χ3n) is 2.60. The number of aliphatic imine (C=N–C) groups is 1. The summed E-state index contributed by atoms with van der Waals surface area (Å²) in [6.45, 7) is 4.92. The van der Waals surface area contributed by atoms with Crippen molar-refractivity contribution in [1.82, 2.24) is 4.98 Å². The minimum atomic E-state index is 0.239. The molecule has 1 aromatic heterocycles. The maximum Gasteiger partial charge on any atom is 0.235 e. The highest BCUT2D eigenvalue weighted by Gasteiger charge is 2.23. The second kappa shape index (κ2) is 4.51. The highest BCUT2D eigenvalue weighted by Crippen LogP contribution is 2.17. The first-order valence-corrected chi connectivity index (χ1v) is 5.42. The lowest BCUT2D eigenvalue weighted by atomic mass is 10.1. The highest BCUT2D eigenvalue weighted by molar-refractivity contribution is 5.93. The average molecular weight is 220 g/mol. The maximum absolute atomic E-state index is 5.54. The Morgan fingerprint density at radius 2 is 2.25 bits per heavy atom. The zero-order valence-electron chi connectivity index (χ0n) is 9.80. The molecular formula is C12H16N2O2. The summed E-state index contributed by atoms with van der Waals surface area (Å²) in [6.07, 6.45) is 0. The van der Waals surface area contributed by atoms with Crippen LogP contribution >= 0.6 is 0 Å². The first kappa shape index (κ1) is 10.9. The van der Waals surface area contributed by atoms with Crippen LogP contribution in [0, 0.1) is 5.92 Å². The van der Waals surface area contributed by atoms with Crippen molar-refractivity contribution < 1.29 is 9.47 Å². The van der Waals surface area contributed by atoms with Gasteiger partial charge in [0.1, 0.15) is 12.3 Å². The summed E-state index contributed by atoms with van der Waals surface area (Å²) in [5.41, 5.74) is 0.738. The van der Waals surface area contributed by atoms with Crippen molar-refractivity contribution in [2.75, 3.05) is 13.7 Å². The molecule has 86 valence electrons. The summed E-state index contributed by atoms with van der Waals surface area (Å²) in [7, 11) is 1.60. The lowest BCUT2D eigenvalue weighted by molar-refractivity contribution is 0.291. The standard InChI is InChI=1S/C12H16N2O2/c1-8(2)10-7-16-12(14-10)9-5-4-6-11(13-9)15-3/h4-6,8,10H,7H2,1-3H3/t10-/m0/s1. The van der Waals surface area contributed by atoms with Gasteiger partial charge in [-0.1, -0.05) is 19.9 Å². The van der Waals surface area contributed by atoms with E-state index in [1.165, 1.54) is 0 Å². The second-order valence-electron chi connectivity index (χ2n) is 4.12. The molecular weight excluding hydrogens is 204 g/mol. The van der Waals surface area contributed by atoms with Crippen LogP contribution in [0.4, 0.5) is 0 Å². The van der Waals surface area contributed by atoms with Crippen LogP contribution < -0.4 is 4.74 Å². The van der Waals surface area contributed by atoms with Crippen molar-refractivity contribution >= 4 is 5.90 Å². The molecule has 16 heavy (non-hydrogen) atoms. The van der Waals surface area contributed by atoms with E-state index < -0.39 is 0 Å². The van der Waals surface area contributed by atoms with Gasteiger partial charge in [-0.2, -0.15) is 0 Å². The van der Waals surface area contributed by atoms with Gasteiger partial charge in [0.05, 0.1) is 13.2 Å². The van der Waals surface area contributed by atoms with Crippen molar-refractivity contribution in [3.63, 3.8) is 0 Å². The van der Waals surface area contributed by atoms with Gasteiger partial charge in [0, 0.05) is 6.07 Å². The molecule has 0 radical (unpaired) electrons. The Hall–Kier alpha value is -1.58. The van der Waals surface area contributed by atoms with Gasteiger partial charge in [0.2, 0.25) is 11.8 Å². The van der Waals surface area contributed by atoms with Gasteiger partial charge in [-0.25, -0.2) is 9.98 Å². The highest BCUT2D eigenvalue weighted by atomic mass is 16.5. The van der Waals surface area contributed by atoms with Crippen molar-refractivity contribution in [1.29, 1.82) is 0 Å². The van der Waals surface area contributed by atoms with Gasteiger partial charge in [-0.3, -0.25) is 0 Å². The molecule has 0 bridgehead atoms. The molecule has 0 saturated heterocycles. The molecule has 4 heteroatoms. The third kappa shape index (κ3) is 2.15. The molecule has 1 aliphatic heterocycles. The summed E-state index contributed by atoms with van der Waals surface area (Å²) >= 11 is 0. The van der Waals surface area contributed by atoms with Crippen molar-refractivity contribution in [3.8, 4) is 5.88 Å². The predicted molar refractivity (Wildman–Crippen MR) is 61.9 cm³/mol. The molecule has 2 rings (SSSR count). The van der Waals surface area contributed by atoms with Gasteiger partial charge in [0.15, 0.2) is 0 Å².